The second kappa shape index (κ2) is 14.2. The molecule has 3 aromatic carbocycles. The maximum Gasteiger partial charge on any atom is 0.0777 e. The van der Waals surface area contributed by atoms with Crippen molar-refractivity contribution in [3.8, 4) is 0 Å². The molecule has 0 spiro atoms. The first-order chi connectivity index (χ1) is 15.6. The molecule has 0 heterocycles. The quantitative estimate of drug-likeness (QED) is 0.262. The van der Waals surface area contributed by atoms with E-state index in [9.17, 15) is 5.11 Å². The molecule has 0 aliphatic heterocycles. The van der Waals surface area contributed by atoms with Crippen molar-refractivity contribution in [1.82, 2.24) is 0 Å². The molecule has 0 unspecified atom stereocenters. The van der Waals surface area contributed by atoms with Crippen molar-refractivity contribution in [2.45, 2.75) is 66.4 Å². The standard InChI is InChI=1S/C25H26OS.C6H14.H2O/c1-18(27)24(20-11-5-4-6-12-20)22(17-25(2,3)26)16-21-14-9-13-19-10-7-8-15-23(19)21;1-4-5-6(2)3;/h4-15,17,26-27H,16H2,1-3H3;6H,4-5H2,1-3H3;1H2/b22-17-,24-18+;;. The number of allylic oxidation sites excluding steroid dienone is 3. The minimum absolute atomic E-state index is 0. The van der Waals surface area contributed by atoms with Gasteiger partial charge in [0.15, 0.2) is 0 Å². The zero-order chi connectivity index (χ0) is 24.4. The number of benzene rings is 3. The lowest BCUT2D eigenvalue weighted by Gasteiger charge is -2.20. The molecule has 0 bridgehead atoms. The Morgan fingerprint density at radius 1 is 0.941 bits per heavy atom. The van der Waals surface area contributed by atoms with Crippen LogP contribution in [0.2, 0.25) is 0 Å². The molecule has 0 fully saturated rings. The molecule has 2 nitrogen and oxygen atoms in total. The monoisotopic (exact) mass is 478 g/mol. The fourth-order valence-corrected chi connectivity index (χ4v) is 4.37. The van der Waals surface area contributed by atoms with E-state index in [1.807, 2.05) is 45.0 Å². The van der Waals surface area contributed by atoms with Gasteiger partial charge < -0.3 is 10.6 Å². The molecular weight excluding hydrogens is 436 g/mol. The second-order valence-electron chi connectivity index (χ2n) is 9.65. The zero-order valence-electron chi connectivity index (χ0n) is 21.6. The fourth-order valence-electron chi connectivity index (χ4n) is 4.10. The molecule has 0 radical (unpaired) electrons. The Balaban J connectivity index is 0.000000735. The maximum absolute atomic E-state index is 10.5. The van der Waals surface area contributed by atoms with E-state index in [0.29, 0.717) is 0 Å². The minimum Gasteiger partial charge on any atom is -0.412 e. The summed E-state index contributed by atoms with van der Waals surface area (Å²) in [6.45, 7) is 12.4. The molecule has 0 atom stereocenters. The van der Waals surface area contributed by atoms with Crippen LogP contribution in [0.1, 0.15) is 65.5 Å². The van der Waals surface area contributed by atoms with Crippen LogP contribution in [0, 0.1) is 5.92 Å². The van der Waals surface area contributed by atoms with Gasteiger partial charge in [-0.25, -0.2) is 0 Å². The van der Waals surface area contributed by atoms with Crippen LogP contribution in [0.5, 0.6) is 0 Å². The summed E-state index contributed by atoms with van der Waals surface area (Å²) in [4.78, 5) is 0.942. The van der Waals surface area contributed by atoms with Crippen molar-refractivity contribution >= 4 is 29.0 Å². The van der Waals surface area contributed by atoms with Gasteiger partial charge in [-0.2, -0.15) is 0 Å². The Hall–Kier alpha value is -2.33. The molecule has 3 heteroatoms. The molecule has 0 aliphatic rings. The molecule has 184 valence electrons. The Morgan fingerprint density at radius 3 is 2.06 bits per heavy atom. The SMILES string of the molecule is C/C(S)=C(\C(=C/C(C)(C)O)Cc1cccc2ccccc12)c1ccccc1.CCCC(C)C.O. The van der Waals surface area contributed by atoms with Crippen LogP contribution in [0.4, 0.5) is 0 Å². The van der Waals surface area contributed by atoms with Crippen LogP contribution in [0.25, 0.3) is 16.3 Å². The molecule has 0 saturated heterocycles. The summed E-state index contributed by atoms with van der Waals surface area (Å²) in [5.41, 5.74) is 3.60. The van der Waals surface area contributed by atoms with Gasteiger partial charge in [-0.1, -0.05) is 106 Å². The summed E-state index contributed by atoms with van der Waals surface area (Å²) in [5.74, 6) is 0.898. The first kappa shape index (κ1) is 29.7. The van der Waals surface area contributed by atoms with E-state index in [2.05, 4.69) is 75.4 Å². The number of aliphatic hydroxyl groups is 1. The first-order valence-corrected chi connectivity index (χ1v) is 12.4. The van der Waals surface area contributed by atoms with Crippen molar-refractivity contribution in [3.63, 3.8) is 0 Å². The molecule has 3 rings (SSSR count). The number of hydrogen-bond donors (Lipinski definition) is 2. The van der Waals surface area contributed by atoms with Crippen molar-refractivity contribution in [3.05, 3.63) is 100 Å². The summed E-state index contributed by atoms with van der Waals surface area (Å²) < 4.78 is 0. The highest BCUT2D eigenvalue weighted by Crippen LogP contribution is 2.33. The normalized spacial score (nSPS) is 12.6. The van der Waals surface area contributed by atoms with E-state index in [0.717, 1.165) is 34.0 Å². The average molecular weight is 479 g/mol. The van der Waals surface area contributed by atoms with E-state index < -0.39 is 5.60 Å². The average Bonchev–Trinajstić information content (AvgIpc) is 2.74. The number of rotatable bonds is 7. The van der Waals surface area contributed by atoms with Crippen LogP contribution in [-0.2, 0) is 6.42 Å². The van der Waals surface area contributed by atoms with Crippen LogP contribution in [-0.4, -0.2) is 16.2 Å². The van der Waals surface area contributed by atoms with Gasteiger partial charge in [0.25, 0.3) is 0 Å². The van der Waals surface area contributed by atoms with Gasteiger partial charge >= 0.3 is 0 Å². The van der Waals surface area contributed by atoms with Gasteiger partial charge in [0.2, 0.25) is 0 Å². The van der Waals surface area contributed by atoms with E-state index >= 15 is 0 Å². The first-order valence-electron chi connectivity index (χ1n) is 12.0. The summed E-state index contributed by atoms with van der Waals surface area (Å²) in [5, 5.41) is 13.0. The summed E-state index contributed by atoms with van der Waals surface area (Å²) in [6.07, 6.45) is 5.39. The van der Waals surface area contributed by atoms with Crippen molar-refractivity contribution in [1.29, 1.82) is 0 Å². The third-order valence-electron chi connectivity index (χ3n) is 5.40. The van der Waals surface area contributed by atoms with Crippen LogP contribution in [0.3, 0.4) is 0 Å². The largest absolute Gasteiger partial charge is 0.412 e. The highest BCUT2D eigenvalue weighted by atomic mass is 32.1. The smallest absolute Gasteiger partial charge is 0.0777 e. The van der Waals surface area contributed by atoms with E-state index in [-0.39, 0.29) is 5.48 Å². The van der Waals surface area contributed by atoms with Crippen molar-refractivity contribution in [2.24, 2.45) is 5.92 Å². The second-order valence-corrected chi connectivity index (χ2v) is 10.3. The highest BCUT2D eigenvalue weighted by molar-refractivity contribution is 7.84. The number of thiol groups is 1. The molecule has 34 heavy (non-hydrogen) atoms. The Kier molecular flexibility index (Phi) is 12.4. The molecule has 0 aromatic heterocycles. The maximum atomic E-state index is 10.5. The van der Waals surface area contributed by atoms with Crippen molar-refractivity contribution in [2.75, 3.05) is 0 Å². The Morgan fingerprint density at radius 2 is 1.53 bits per heavy atom. The van der Waals surface area contributed by atoms with Crippen molar-refractivity contribution < 1.29 is 10.6 Å². The van der Waals surface area contributed by atoms with Crippen LogP contribution < -0.4 is 0 Å². The molecule has 0 saturated carbocycles. The van der Waals surface area contributed by atoms with Gasteiger partial charge in [0.1, 0.15) is 0 Å². The summed E-state index contributed by atoms with van der Waals surface area (Å²) in [6, 6.07) is 25.1. The van der Waals surface area contributed by atoms with Gasteiger partial charge in [0.05, 0.1) is 5.60 Å². The lowest BCUT2D eigenvalue weighted by molar-refractivity contribution is 0.132. The summed E-state index contributed by atoms with van der Waals surface area (Å²) in [7, 11) is 0. The summed E-state index contributed by atoms with van der Waals surface area (Å²) >= 11 is 4.69. The predicted molar refractivity (Wildman–Crippen MR) is 153 cm³/mol. The predicted octanol–water partition coefficient (Wildman–Crippen LogP) is 8.06. The zero-order valence-corrected chi connectivity index (χ0v) is 22.5. The number of fused-ring (bicyclic) bond motifs is 1. The minimum atomic E-state index is -0.914. The highest BCUT2D eigenvalue weighted by Gasteiger charge is 2.17. The third-order valence-corrected chi connectivity index (χ3v) is 5.62. The van der Waals surface area contributed by atoms with E-state index in [1.54, 1.807) is 0 Å². The Bertz CT molecular complexity index is 1060. The molecule has 0 aliphatic carbocycles. The number of hydrogen-bond acceptors (Lipinski definition) is 2. The molecule has 0 amide bonds. The Labute approximate surface area is 212 Å². The third kappa shape index (κ3) is 9.50. The van der Waals surface area contributed by atoms with E-state index in [1.165, 1.54) is 29.2 Å². The molecular formula is C31H42O2S. The van der Waals surface area contributed by atoms with Gasteiger partial charge in [-0.3, -0.25) is 0 Å². The fraction of sp³-hybridized carbons (Fsp3) is 0.355. The van der Waals surface area contributed by atoms with Gasteiger partial charge in [0, 0.05) is 0 Å². The van der Waals surface area contributed by atoms with Gasteiger partial charge in [-0.15, -0.1) is 12.6 Å². The van der Waals surface area contributed by atoms with E-state index in [4.69, 9.17) is 12.6 Å². The lowest BCUT2D eigenvalue weighted by Crippen LogP contribution is -2.16. The van der Waals surface area contributed by atoms with Crippen LogP contribution in [0.15, 0.2) is 89.4 Å². The molecule has 3 N–H and O–H groups in total. The topological polar surface area (TPSA) is 51.7 Å². The van der Waals surface area contributed by atoms with Gasteiger partial charge in [-0.05, 0) is 77.1 Å². The lowest BCUT2D eigenvalue weighted by atomic mass is 9.88. The molecule has 3 aromatic rings. The van der Waals surface area contributed by atoms with Crippen LogP contribution >= 0.6 is 12.6 Å².